The lowest BCUT2D eigenvalue weighted by Gasteiger charge is -2.36. The Hall–Kier alpha value is -3.52. The number of Topliss-reactive ketones (excluding diaryl/α,β-unsaturated/α-hetero) is 1. The fourth-order valence-electron chi connectivity index (χ4n) is 3.86. The van der Waals surface area contributed by atoms with Crippen molar-refractivity contribution in [1.29, 1.82) is 0 Å². The number of hydrogen-bond donors (Lipinski definition) is 1. The number of nitrogens with zero attached hydrogens (tertiary/aromatic N) is 4. The molecular weight excluding hydrogens is 394 g/mol. The van der Waals surface area contributed by atoms with Crippen LogP contribution in [0.1, 0.15) is 27.8 Å². The number of amides is 1. The highest BCUT2D eigenvalue weighted by Gasteiger charge is 2.20. The molecule has 1 saturated heterocycles. The molecule has 2 aromatic carbocycles. The first-order valence-electron chi connectivity index (χ1n) is 10.3. The maximum absolute atomic E-state index is 12.9. The molecule has 8 nitrogen and oxygen atoms in total. The molecule has 1 aliphatic heterocycles. The minimum absolute atomic E-state index is 0.0563. The van der Waals surface area contributed by atoms with Crippen molar-refractivity contribution in [3.05, 3.63) is 70.1 Å². The molecule has 2 heterocycles. The Morgan fingerprint density at radius 2 is 1.61 bits per heavy atom. The molecule has 160 valence electrons. The van der Waals surface area contributed by atoms with Gasteiger partial charge in [-0.3, -0.25) is 19.3 Å². The van der Waals surface area contributed by atoms with Gasteiger partial charge in [-0.15, -0.1) is 0 Å². The van der Waals surface area contributed by atoms with Crippen molar-refractivity contribution in [1.82, 2.24) is 20.0 Å². The Morgan fingerprint density at radius 1 is 0.968 bits per heavy atom. The number of carbonyl (C=O) groups excluding carboxylic acids is 2. The van der Waals surface area contributed by atoms with E-state index in [2.05, 4.69) is 20.2 Å². The number of hydrogen-bond acceptors (Lipinski definition) is 6. The second-order valence-electron chi connectivity index (χ2n) is 7.63. The van der Waals surface area contributed by atoms with Crippen LogP contribution in [0.4, 0.5) is 5.69 Å². The van der Waals surface area contributed by atoms with Gasteiger partial charge in [0.2, 0.25) is 0 Å². The molecule has 0 atom stereocenters. The predicted molar refractivity (Wildman–Crippen MR) is 120 cm³/mol. The molecule has 3 aromatic rings. The second kappa shape index (κ2) is 8.69. The third-order valence-corrected chi connectivity index (χ3v) is 5.66. The van der Waals surface area contributed by atoms with Crippen LogP contribution < -0.4 is 15.8 Å². The van der Waals surface area contributed by atoms with Crippen LogP contribution in [-0.4, -0.2) is 59.6 Å². The molecule has 0 spiro atoms. The molecule has 0 aliphatic carbocycles. The smallest absolute Gasteiger partial charge is 0.275 e. The summed E-state index contributed by atoms with van der Waals surface area (Å²) in [6.07, 6.45) is 0. The van der Waals surface area contributed by atoms with Gasteiger partial charge in [-0.05, 0) is 37.3 Å². The van der Waals surface area contributed by atoms with Gasteiger partial charge in [-0.25, -0.2) is 4.68 Å². The van der Waals surface area contributed by atoms with E-state index in [0.29, 0.717) is 23.0 Å². The molecule has 1 amide bonds. The van der Waals surface area contributed by atoms with Crippen molar-refractivity contribution in [3.8, 4) is 0 Å². The fraction of sp³-hybridized carbons (Fsp3) is 0.304. The van der Waals surface area contributed by atoms with E-state index in [-0.39, 0.29) is 22.9 Å². The molecule has 0 radical (unpaired) electrons. The standard InChI is InChI=1S/C23H25N5O3/c1-16(29)17-7-9-18(10-8-17)27-13-11-26(12-14-27)15-28-23(31)20-6-4-3-5-19(20)21(25-28)22(30)24-2/h3-10H,11-15H2,1-2H3,(H,24,30). The summed E-state index contributed by atoms with van der Waals surface area (Å²) in [7, 11) is 1.55. The molecule has 0 bridgehead atoms. The summed E-state index contributed by atoms with van der Waals surface area (Å²) >= 11 is 0. The van der Waals surface area contributed by atoms with Gasteiger partial charge in [0.25, 0.3) is 11.5 Å². The van der Waals surface area contributed by atoms with Crippen LogP contribution in [0, 0.1) is 0 Å². The SMILES string of the molecule is CNC(=O)c1nn(CN2CCN(c3ccc(C(C)=O)cc3)CC2)c(=O)c2ccccc12. The molecule has 1 fully saturated rings. The monoisotopic (exact) mass is 419 g/mol. The van der Waals surface area contributed by atoms with Crippen LogP contribution in [0.15, 0.2) is 53.3 Å². The lowest BCUT2D eigenvalue weighted by Crippen LogP contribution is -2.48. The first-order valence-corrected chi connectivity index (χ1v) is 10.3. The van der Waals surface area contributed by atoms with Crippen LogP contribution in [0.25, 0.3) is 10.8 Å². The first kappa shape index (κ1) is 20.7. The van der Waals surface area contributed by atoms with Gasteiger partial charge in [0.15, 0.2) is 11.5 Å². The summed E-state index contributed by atoms with van der Waals surface area (Å²) in [4.78, 5) is 41.1. The average Bonchev–Trinajstić information content (AvgIpc) is 2.81. The van der Waals surface area contributed by atoms with E-state index in [1.807, 2.05) is 24.3 Å². The Bertz CT molecular complexity index is 1180. The topological polar surface area (TPSA) is 87.5 Å². The van der Waals surface area contributed by atoms with Gasteiger partial charge < -0.3 is 10.2 Å². The number of ketones is 1. The van der Waals surface area contributed by atoms with E-state index in [1.165, 1.54) is 4.68 Å². The van der Waals surface area contributed by atoms with Crippen LogP contribution in [0.3, 0.4) is 0 Å². The summed E-state index contributed by atoms with van der Waals surface area (Å²) in [6, 6.07) is 14.7. The van der Waals surface area contributed by atoms with Crippen molar-refractivity contribution in [3.63, 3.8) is 0 Å². The average molecular weight is 419 g/mol. The van der Waals surface area contributed by atoms with Crippen molar-refractivity contribution in [2.45, 2.75) is 13.6 Å². The van der Waals surface area contributed by atoms with Gasteiger partial charge in [0.05, 0.1) is 12.1 Å². The Balaban J connectivity index is 1.50. The van der Waals surface area contributed by atoms with Crippen LogP contribution in [-0.2, 0) is 6.67 Å². The molecule has 8 heteroatoms. The summed E-state index contributed by atoms with van der Waals surface area (Å²) in [5.41, 5.74) is 1.83. The third kappa shape index (κ3) is 4.20. The normalized spacial score (nSPS) is 14.6. The number of anilines is 1. The number of fused-ring (bicyclic) bond motifs is 1. The van der Waals surface area contributed by atoms with E-state index in [4.69, 9.17) is 0 Å². The highest BCUT2D eigenvalue weighted by molar-refractivity contribution is 6.04. The lowest BCUT2D eigenvalue weighted by atomic mass is 10.1. The van der Waals surface area contributed by atoms with Crippen LogP contribution in [0.5, 0.6) is 0 Å². The van der Waals surface area contributed by atoms with E-state index in [9.17, 15) is 14.4 Å². The first-order chi connectivity index (χ1) is 15.0. The molecular formula is C23H25N5O3. The zero-order valence-corrected chi connectivity index (χ0v) is 17.7. The molecule has 1 aromatic heterocycles. The maximum Gasteiger partial charge on any atom is 0.275 e. The largest absolute Gasteiger partial charge is 0.369 e. The number of piperazine rings is 1. The van der Waals surface area contributed by atoms with E-state index in [1.54, 1.807) is 38.2 Å². The van der Waals surface area contributed by atoms with Crippen molar-refractivity contribution in [2.24, 2.45) is 0 Å². The number of benzene rings is 2. The number of rotatable bonds is 5. The van der Waals surface area contributed by atoms with Gasteiger partial charge in [0.1, 0.15) is 0 Å². The highest BCUT2D eigenvalue weighted by Crippen LogP contribution is 2.18. The van der Waals surface area contributed by atoms with E-state index >= 15 is 0 Å². The number of nitrogens with one attached hydrogen (secondary N) is 1. The van der Waals surface area contributed by atoms with E-state index in [0.717, 1.165) is 31.9 Å². The van der Waals surface area contributed by atoms with E-state index < -0.39 is 0 Å². The second-order valence-corrected chi connectivity index (χ2v) is 7.63. The number of aromatic nitrogens is 2. The zero-order valence-electron chi connectivity index (χ0n) is 17.7. The predicted octanol–water partition coefficient (Wildman–Crippen LogP) is 1.74. The molecule has 0 unspecified atom stereocenters. The summed E-state index contributed by atoms with van der Waals surface area (Å²) in [6.45, 7) is 4.99. The molecule has 0 saturated carbocycles. The van der Waals surface area contributed by atoms with Crippen molar-refractivity contribution in [2.75, 3.05) is 38.1 Å². The summed E-state index contributed by atoms with van der Waals surface area (Å²) in [5.74, 6) is -0.260. The summed E-state index contributed by atoms with van der Waals surface area (Å²) < 4.78 is 1.38. The minimum Gasteiger partial charge on any atom is -0.369 e. The van der Waals surface area contributed by atoms with Crippen LogP contribution in [0.2, 0.25) is 0 Å². The molecule has 1 aliphatic rings. The van der Waals surface area contributed by atoms with Gasteiger partial charge in [-0.1, -0.05) is 18.2 Å². The molecule has 4 rings (SSSR count). The number of carbonyl (C=O) groups is 2. The molecule has 31 heavy (non-hydrogen) atoms. The Kier molecular flexibility index (Phi) is 5.81. The highest BCUT2D eigenvalue weighted by atomic mass is 16.2. The quantitative estimate of drug-likeness (QED) is 0.634. The maximum atomic E-state index is 12.9. The fourth-order valence-corrected chi connectivity index (χ4v) is 3.86. The van der Waals surface area contributed by atoms with Crippen LogP contribution >= 0.6 is 0 Å². The van der Waals surface area contributed by atoms with Crippen molar-refractivity contribution >= 4 is 28.2 Å². The minimum atomic E-state index is -0.316. The van der Waals surface area contributed by atoms with Gasteiger partial charge >= 0.3 is 0 Å². The third-order valence-electron chi connectivity index (χ3n) is 5.66. The molecule has 1 N–H and O–H groups in total. The zero-order chi connectivity index (χ0) is 22.0. The van der Waals surface area contributed by atoms with Gasteiger partial charge in [0, 0.05) is 49.9 Å². The lowest BCUT2D eigenvalue weighted by molar-refractivity contribution is 0.0954. The van der Waals surface area contributed by atoms with Crippen molar-refractivity contribution < 1.29 is 9.59 Å². The Labute approximate surface area is 180 Å². The van der Waals surface area contributed by atoms with Gasteiger partial charge in [-0.2, -0.15) is 5.10 Å². The summed E-state index contributed by atoms with van der Waals surface area (Å²) in [5, 5.41) is 8.02. The Morgan fingerprint density at radius 3 is 2.23 bits per heavy atom.